The summed E-state index contributed by atoms with van der Waals surface area (Å²) in [5.74, 6) is 0.444. The van der Waals surface area contributed by atoms with Crippen molar-refractivity contribution in [3.05, 3.63) is 32.7 Å². The average Bonchev–Trinajstić information content (AvgIpc) is 2.97. The van der Waals surface area contributed by atoms with Crippen LogP contribution >= 0.6 is 31.9 Å². The molecule has 3 atom stereocenters. The number of rotatable bonds is 2. The lowest BCUT2D eigenvalue weighted by Crippen LogP contribution is -2.19. The zero-order valence-electron chi connectivity index (χ0n) is 12.3. The smallest absolute Gasteiger partial charge is 0.328 e. The summed E-state index contributed by atoms with van der Waals surface area (Å²) in [5, 5.41) is 0. The van der Waals surface area contributed by atoms with Gasteiger partial charge in [-0.05, 0) is 31.0 Å². The van der Waals surface area contributed by atoms with Crippen LogP contribution in [0.3, 0.4) is 0 Å². The Balaban J connectivity index is 2.13. The van der Waals surface area contributed by atoms with Gasteiger partial charge in [0.1, 0.15) is 0 Å². The minimum atomic E-state index is -0.00209. The Morgan fingerprint density at radius 3 is 2.48 bits per heavy atom. The van der Waals surface area contributed by atoms with Gasteiger partial charge in [0.15, 0.2) is 0 Å². The third kappa shape index (κ3) is 2.41. The van der Waals surface area contributed by atoms with Crippen LogP contribution in [-0.4, -0.2) is 21.8 Å². The highest BCUT2D eigenvalue weighted by Gasteiger charge is 2.32. The second-order valence-electron chi connectivity index (χ2n) is 5.69. The van der Waals surface area contributed by atoms with E-state index >= 15 is 0 Å². The second kappa shape index (κ2) is 5.56. The number of fused-ring (bicyclic) bond motifs is 1. The fourth-order valence-corrected chi connectivity index (χ4v) is 5.07. The van der Waals surface area contributed by atoms with E-state index in [0.717, 1.165) is 28.5 Å². The van der Waals surface area contributed by atoms with Gasteiger partial charge in [-0.25, -0.2) is 4.79 Å². The fourth-order valence-electron chi connectivity index (χ4n) is 3.11. The van der Waals surface area contributed by atoms with Crippen LogP contribution < -0.4 is 5.69 Å². The van der Waals surface area contributed by atoms with Crippen molar-refractivity contribution in [2.24, 2.45) is 20.0 Å². The average molecular weight is 418 g/mol. The first-order valence-electron chi connectivity index (χ1n) is 7.02. The molecular formula is C15H18Br2N2O2. The number of imidazole rings is 1. The predicted octanol–water partition coefficient (Wildman–Crippen LogP) is 3.50. The van der Waals surface area contributed by atoms with Crippen molar-refractivity contribution in [2.75, 3.05) is 6.61 Å². The standard InChI is InChI=1S/C15H18Br2N2O2/c1-8-9(4-5-21-8)14(17)10-6-12-13(7-11(10)16)19(3)15(20)18(12)2/h6-9,14H,4-5H2,1-3H3. The van der Waals surface area contributed by atoms with Crippen molar-refractivity contribution in [3.8, 4) is 0 Å². The maximum absolute atomic E-state index is 12.1. The Bertz CT molecular complexity index is 750. The summed E-state index contributed by atoms with van der Waals surface area (Å²) in [4.78, 5) is 12.3. The van der Waals surface area contributed by atoms with Crippen molar-refractivity contribution in [1.82, 2.24) is 9.13 Å². The van der Waals surface area contributed by atoms with Gasteiger partial charge < -0.3 is 4.74 Å². The highest BCUT2D eigenvalue weighted by atomic mass is 79.9. The summed E-state index contributed by atoms with van der Waals surface area (Å²) < 4.78 is 10.1. The molecule has 0 N–H and O–H groups in total. The zero-order valence-corrected chi connectivity index (χ0v) is 15.4. The molecule has 21 heavy (non-hydrogen) atoms. The lowest BCUT2D eigenvalue weighted by Gasteiger charge is -2.22. The Morgan fingerprint density at radius 1 is 1.29 bits per heavy atom. The molecule has 2 aromatic rings. The van der Waals surface area contributed by atoms with Crippen molar-refractivity contribution >= 4 is 42.9 Å². The molecule has 114 valence electrons. The van der Waals surface area contributed by atoms with Crippen LogP contribution in [0.2, 0.25) is 0 Å². The maximum Gasteiger partial charge on any atom is 0.328 e. The van der Waals surface area contributed by atoms with Crippen molar-refractivity contribution in [2.45, 2.75) is 24.3 Å². The van der Waals surface area contributed by atoms with E-state index in [1.807, 2.05) is 13.1 Å². The van der Waals surface area contributed by atoms with E-state index in [9.17, 15) is 4.79 Å². The summed E-state index contributed by atoms with van der Waals surface area (Å²) in [6.07, 6.45) is 1.30. The SMILES string of the molecule is CC1OCCC1C(Br)c1cc2c(cc1Br)n(C)c(=O)n2C. The highest BCUT2D eigenvalue weighted by molar-refractivity contribution is 9.11. The number of hydrogen-bond donors (Lipinski definition) is 0. The molecule has 0 bridgehead atoms. The molecule has 3 rings (SSSR count). The largest absolute Gasteiger partial charge is 0.378 e. The van der Waals surface area contributed by atoms with Gasteiger partial charge in [-0.2, -0.15) is 0 Å². The minimum Gasteiger partial charge on any atom is -0.378 e. The molecule has 4 nitrogen and oxygen atoms in total. The van der Waals surface area contributed by atoms with Gasteiger partial charge in [0, 0.05) is 35.9 Å². The molecule has 0 spiro atoms. The number of nitrogens with zero attached hydrogens (tertiary/aromatic N) is 2. The number of benzene rings is 1. The number of alkyl halides is 1. The molecule has 1 saturated heterocycles. The van der Waals surface area contributed by atoms with Crippen molar-refractivity contribution in [1.29, 1.82) is 0 Å². The Labute approximate surface area is 140 Å². The maximum atomic E-state index is 12.1. The fraction of sp³-hybridized carbons (Fsp3) is 0.533. The third-order valence-corrected chi connectivity index (χ3v) is 6.36. The lowest BCUT2D eigenvalue weighted by molar-refractivity contribution is 0.105. The van der Waals surface area contributed by atoms with E-state index in [1.165, 1.54) is 5.56 Å². The van der Waals surface area contributed by atoms with Crippen LogP contribution in [0, 0.1) is 5.92 Å². The number of hydrogen-bond acceptors (Lipinski definition) is 2. The molecule has 0 aliphatic carbocycles. The van der Waals surface area contributed by atoms with E-state index in [0.29, 0.717) is 5.92 Å². The van der Waals surface area contributed by atoms with E-state index in [2.05, 4.69) is 44.8 Å². The quantitative estimate of drug-likeness (QED) is 0.701. The van der Waals surface area contributed by atoms with Crippen molar-refractivity contribution in [3.63, 3.8) is 0 Å². The molecule has 1 fully saturated rings. The Morgan fingerprint density at radius 2 is 1.90 bits per heavy atom. The molecular weight excluding hydrogens is 400 g/mol. The first kappa shape index (κ1) is 15.3. The van der Waals surface area contributed by atoms with Crippen LogP contribution in [0.5, 0.6) is 0 Å². The topological polar surface area (TPSA) is 36.2 Å². The molecule has 3 unspecified atom stereocenters. The molecule has 0 amide bonds. The summed E-state index contributed by atoms with van der Waals surface area (Å²) in [6.45, 7) is 2.94. The lowest BCUT2D eigenvalue weighted by atomic mass is 9.93. The normalized spacial score (nSPS) is 23.9. The highest BCUT2D eigenvalue weighted by Crippen LogP contribution is 2.43. The van der Waals surface area contributed by atoms with E-state index in [-0.39, 0.29) is 16.6 Å². The van der Waals surface area contributed by atoms with Gasteiger partial charge in [0.25, 0.3) is 0 Å². The van der Waals surface area contributed by atoms with Gasteiger partial charge in [-0.3, -0.25) is 9.13 Å². The third-order valence-electron chi connectivity index (χ3n) is 4.50. The second-order valence-corrected chi connectivity index (χ2v) is 7.53. The predicted molar refractivity (Wildman–Crippen MR) is 91.0 cm³/mol. The Hall–Kier alpha value is -0.590. The molecule has 2 heterocycles. The zero-order chi connectivity index (χ0) is 15.3. The van der Waals surface area contributed by atoms with E-state index in [1.54, 1.807) is 16.2 Å². The van der Waals surface area contributed by atoms with Crippen LogP contribution in [0.1, 0.15) is 23.7 Å². The summed E-state index contributed by atoms with van der Waals surface area (Å²) in [6, 6.07) is 4.13. The number of halogens is 2. The first-order chi connectivity index (χ1) is 9.91. The first-order valence-corrected chi connectivity index (χ1v) is 8.73. The summed E-state index contributed by atoms with van der Waals surface area (Å²) >= 11 is 7.49. The van der Waals surface area contributed by atoms with Crippen LogP contribution in [0.15, 0.2) is 21.4 Å². The van der Waals surface area contributed by atoms with Gasteiger partial charge in [0.2, 0.25) is 0 Å². The van der Waals surface area contributed by atoms with Gasteiger partial charge in [-0.1, -0.05) is 31.9 Å². The minimum absolute atomic E-state index is 0.00209. The van der Waals surface area contributed by atoms with Crippen LogP contribution in [0.25, 0.3) is 11.0 Å². The number of aryl methyl sites for hydroxylation is 2. The van der Waals surface area contributed by atoms with Crippen LogP contribution in [-0.2, 0) is 18.8 Å². The molecule has 1 aromatic carbocycles. The van der Waals surface area contributed by atoms with Gasteiger partial charge in [-0.15, -0.1) is 0 Å². The monoisotopic (exact) mass is 416 g/mol. The van der Waals surface area contributed by atoms with Crippen molar-refractivity contribution < 1.29 is 4.74 Å². The van der Waals surface area contributed by atoms with Gasteiger partial charge in [0.05, 0.1) is 17.1 Å². The summed E-state index contributed by atoms with van der Waals surface area (Å²) in [5.41, 5.74) is 3.06. The number of ether oxygens (including phenoxy) is 1. The number of aromatic nitrogens is 2. The Kier molecular flexibility index (Phi) is 4.05. The molecule has 6 heteroatoms. The summed E-state index contributed by atoms with van der Waals surface area (Å²) in [7, 11) is 3.61. The van der Waals surface area contributed by atoms with Crippen LogP contribution in [0.4, 0.5) is 0 Å². The molecule has 0 saturated carbocycles. The molecule has 1 aliphatic heterocycles. The van der Waals surface area contributed by atoms with E-state index in [4.69, 9.17) is 4.74 Å². The molecule has 0 radical (unpaired) electrons. The molecule has 1 aliphatic rings. The van der Waals surface area contributed by atoms with E-state index < -0.39 is 0 Å². The van der Waals surface area contributed by atoms with Gasteiger partial charge >= 0.3 is 5.69 Å². The molecule has 1 aromatic heterocycles.